The van der Waals surface area contributed by atoms with E-state index in [2.05, 4.69) is 20.3 Å². The Morgan fingerprint density at radius 2 is 1.57 bits per heavy atom. The van der Waals surface area contributed by atoms with Crippen LogP contribution in [0.3, 0.4) is 0 Å². The fourth-order valence-corrected chi connectivity index (χ4v) is 3.67. The van der Waals surface area contributed by atoms with Crippen molar-refractivity contribution in [2.24, 2.45) is 0 Å². The topological polar surface area (TPSA) is 78.0 Å². The molecule has 3 aromatic heterocycles. The molecule has 148 valence electrons. The van der Waals surface area contributed by atoms with Gasteiger partial charge in [-0.05, 0) is 42.3 Å². The summed E-state index contributed by atoms with van der Waals surface area (Å²) in [5.41, 5.74) is 4.19. The van der Waals surface area contributed by atoms with Gasteiger partial charge in [-0.3, -0.25) is 9.36 Å². The van der Waals surface area contributed by atoms with Gasteiger partial charge in [-0.15, -0.1) is 10.2 Å². The molecular formula is C21H14Cl2N6O. The van der Waals surface area contributed by atoms with E-state index in [0.717, 1.165) is 22.4 Å². The molecule has 7 nitrogen and oxygen atoms in total. The third-order valence-corrected chi connectivity index (χ3v) is 5.38. The quantitative estimate of drug-likeness (QED) is 0.424. The Kier molecular flexibility index (Phi) is 4.49. The SMILES string of the molecule is Cc1nn2c(nnc3c(=O)n(Cc4ccc(Cl)cc4)cnc32)c1-c1ccc(Cl)cc1. The number of hydrogen-bond donors (Lipinski definition) is 0. The highest BCUT2D eigenvalue weighted by atomic mass is 35.5. The van der Waals surface area contributed by atoms with Gasteiger partial charge in [0.25, 0.3) is 5.56 Å². The largest absolute Gasteiger partial charge is 0.293 e. The molecule has 0 aliphatic rings. The van der Waals surface area contributed by atoms with Crippen LogP contribution in [-0.2, 0) is 6.54 Å². The fourth-order valence-electron chi connectivity index (χ4n) is 3.42. The predicted octanol–water partition coefficient (Wildman–Crippen LogP) is 4.16. The Balaban J connectivity index is 1.65. The summed E-state index contributed by atoms with van der Waals surface area (Å²) in [5, 5.41) is 14.3. The van der Waals surface area contributed by atoms with E-state index in [1.807, 2.05) is 43.3 Å². The maximum atomic E-state index is 13.0. The number of halogens is 2. The molecule has 0 fully saturated rings. The highest BCUT2D eigenvalue weighted by molar-refractivity contribution is 6.30. The van der Waals surface area contributed by atoms with Crippen molar-refractivity contribution in [1.82, 2.24) is 29.4 Å². The molecule has 0 N–H and O–H groups in total. The van der Waals surface area contributed by atoms with Crippen LogP contribution in [0.15, 0.2) is 59.7 Å². The van der Waals surface area contributed by atoms with E-state index in [9.17, 15) is 4.79 Å². The van der Waals surface area contributed by atoms with Crippen LogP contribution in [-0.4, -0.2) is 29.4 Å². The second-order valence-corrected chi connectivity index (χ2v) is 7.75. The lowest BCUT2D eigenvalue weighted by atomic mass is 10.1. The van der Waals surface area contributed by atoms with E-state index in [-0.39, 0.29) is 11.1 Å². The van der Waals surface area contributed by atoms with Crippen LogP contribution < -0.4 is 5.56 Å². The van der Waals surface area contributed by atoms with Crippen LogP contribution in [0, 0.1) is 6.92 Å². The summed E-state index contributed by atoms with van der Waals surface area (Å²) in [6.07, 6.45) is 1.50. The summed E-state index contributed by atoms with van der Waals surface area (Å²) in [6.45, 7) is 2.24. The van der Waals surface area contributed by atoms with Crippen molar-refractivity contribution < 1.29 is 0 Å². The Labute approximate surface area is 180 Å². The predicted molar refractivity (Wildman–Crippen MR) is 116 cm³/mol. The number of rotatable bonds is 3. The van der Waals surface area contributed by atoms with Crippen LogP contribution in [0.4, 0.5) is 0 Å². The van der Waals surface area contributed by atoms with E-state index in [1.54, 1.807) is 16.6 Å². The van der Waals surface area contributed by atoms with Gasteiger partial charge in [0.05, 0.1) is 17.8 Å². The lowest BCUT2D eigenvalue weighted by molar-refractivity contribution is 0.737. The summed E-state index contributed by atoms with van der Waals surface area (Å²) in [4.78, 5) is 17.4. The lowest BCUT2D eigenvalue weighted by Gasteiger charge is -2.07. The van der Waals surface area contributed by atoms with Crippen LogP contribution >= 0.6 is 23.2 Å². The van der Waals surface area contributed by atoms with Gasteiger partial charge >= 0.3 is 0 Å². The van der Waals surface area contributed by atoms with Crippen LogP contribution in [0.2, 0.25) is 10.0 Å². The minimum Gasteiger partial charge on any atom is -0.293 e. The van der Waals surface area contributed by atoms with Crippen molar-refractivity contribution in [3.63, 3.8) is 0 Å². The van der Waals surface area contributed by atoms with Gasteiger partial charge in [-0.1, -0.05) is 47.5 Å². The molecule has 3 heterocycles. The maximum Gasteiger partial charge on any atom is 0.283 e. The Bertz CT molecular complexity index is 1460. The number of nitrogens with zero attached hydrogens (tertiary/aromatic N) is 6. The minimum absolute atomic E-state index is 0.157. The van der Waals surface area contributed by atoms with Crippen molar-refractivity contribution in [2.45, 2.75) is 13.5 Å². The molecule has 0 atom stereocenters. The molecule has 9 heteroatoms. The minimum atomic E-state index is -0.287. The second-order valence-electron chi connectivity index (χ2n) is 6.88. The first-order valence-corrected chi connectivity index (χ1v) is 9.88. The summed E-state index contributed by atoms with van der Waals surface area (Å²) < 4.78 is 3.05. The molecular weight excluding hydrogens is 423 g/mol. The van der Waals surface area contributed by atoms with Crippen LogP contribution in [0.1, 0.15) is 11.3 Å². The highest BCUT2D eigenvalue weighted by Gasteiger charge is 2.18. The van der Waals surface area contributed by atoms with Gasteiger partial charge in [-0.2, -0.15) is 9.61 Å². The van der Waals surface area contributed by atoms with Crippen LogP contribution in [0.25, 0.3) is 27.9 Å². The molecule has 0 amide bonds. The number of aromatic nitrogens is 6. The Morgan fingerprint density at radius 3 is 2.27 bits per heavy atom. The maximum absolute atomic E-state index is 13.0. The Hall–Kier alpha value is -3.29. The molecule has 0 aliphatic heterocycles. The van der Waals surface area contributed by atoms with E-state index < -0.39 is 0 Å². The van der Waals surface area contributed by atoms with Crippen molar-refractivity contribution in [1.29, 1.82) is 0 Å². The number of hydrogen-bond acceptors (Lipinski definition) is 5. The molecule has 0 radical (unpaired) electrons. The van der Waals surface area contributed by atoms with Crippen molar-refractivity contribution in [3.8, 4) is 11.1 Å². The van der Waals surface area contributed by atoms with E-state index in [4.69, 9.17) is 23.2 Å². The normalized spacial score (nSPS) is 11.4. The summed E-state index contributed by atoms with van der Waals surface area (Å²) in [6, 6.07) is 14.7. The molecule has 30 heavy (non-hydrogen) atoms. The first-order chi connectivity index (χ1) is 14.5. The summed E-state index contributed by atoms with van der Waals surface area (Å²) in [5.74, 6) is 0. The van der Waals surface area contributed by atoms with E-state index in [0.29, 0.717) is 27.9 Å². The second kappa shape index (κ2) is 7.19. The molecule has 0 bridgehead atoms. The molecule has 0 saturated carbocycles. The zero-order valence-electron chi connectivity index (χ0n) is 15.8. The van der Waals surface area contributed by atoms with E-state index >= 15 is 0 Å². The fraction of sp³-hybridized carbons (Fsp3) is 0.0952. The number of aryl methyl sites for hydroxylation is 1. The molecule has 2 aromatic carbocycles. The number of fused-ring (bicyclic) bond motifs is 3. The average Bonchev–Trinajstić information content (AvgIpc) is 3.08. The zero-order valence-corrected chi connectivity index (χ0v) is 17.3. The van der Waals surface area contributed by atoms with Gasteiger partial charge in [-0.25, -0.2) is 4.98 Å². The van der Waals surface area contributed by atoms with Crippen molar-refractivity contribution in [2.75, 3.05) is 0 Å². The third kappa shape index (κ3) is 3.12. The Morgan fingerprint density at radius 1 is 0.900 bits per heavy atom. The first-order valence-electron chi connectivity index (χ1n) is 9.13. The molecule has 0 unspecified atom stereocenters. The summed E-state index contributed by atoms with van der Waals surface area (Å²) >= 11 is 11.9. The first kappa shape index (κ1) is 18.7. The molecule has 0 aliphatic carbocycles. The average molecular weight is 437 g/mol. The lowest BCUT2D eigenvalue weighted by Crippen LogP contribution is -2.23. The summed E-state index contributed by atoms with van der Waals surface area (Å²) in [7, 11) is 0. The van der Waals surface area contributed by atoms with Gasteiger partial charge in [0.15, 0.2) is 16.8 Å². The van der Waals surface area contributed by atoms with Gasteiger partial charge in [0.2, 0.25) is 0 Å². The standard InChI is InChI=1S/C21H14Cl2N6O/c1-12-17(14-4-8-16(23)9-5-14)19-26-25-18-20(29(19)27-12)24-11-28(21(18)30)10-13-2-6-15(22)7-3-13/h2-9,11H,10H2,1H3. The molecule has 0 saturated heterocycles. The molecule has 5 aromatic rings. The number of benzene rings is 2. The van der Waals surface area contributed by atoms with E-state index in [1.165, 1.54) is 10.9 Å². The van der Waals surface area contributed by atoms with Crippen LogP contribution in [0.5, 0.6) is 0 Å². The third-order valence-electron chi connectivity index (χ3n) is 4.88. The highest BCUT2D eigenvalue weighted by Crippen LogP contribution is 2.28. The van der Waals surface area contributed by atoms with Crippen molar-refractivity contribution in [3.05, 3.63) is 86.5 Å². The van der Waals surface area contributed by atoms with Crippen molar-refractivity contribution >= 4 is 40.0 Å². The van der Waals surface area contributed by atoms with Gasteiger partial charge in [0.1, 0.15) is 6.33 Å². The van der Waals surface area contributed by atoms with Gasteiger partial charge < -0.3 is 0 Å². The monoisotopic (exact) mass is 436 g/mol. The van der Waals surface area contributed by atoms with Gasteiger partial charge in [0, 0.05) is 10.0 Å². The zero-order chi connectivity index (χ0) is 20.8. The smallest absolute Gasteiger partial charge is 0.283 e. The molecule has 5 rings (SSSR count). The molecule has 0 spiro atoms.